The number of Topliss-reactive ketones (excluding diaryl/α,β-unsaturated/α-hetero) is 1. The summed E-state index contributed by atoms with van der Waals surface area (Å²) in [7, 11) is 4.54. The summed E-state index contributed by atoms with van der Waals surface area (Å²) in [4.78, 5) is 35.6. The van der Waals surface area contributed by atoms with Gasteiger partial charge >= 0.3 is 0 Å². The second-order valence-electron chi connectivity index (χ2n) is 10.0. The number of fused-ring (bicyclic) bond motifs is 1. The number of carbonyl (C=O) groups is 1. The van der Waals surface area contributed by atoms with E-state index >= 15 is 0 Å². The van der Waals surface area contributed by atoms with Gasteiger partial charge in [-0.05, 0) is 50.2 Å². The summed E-state index contributed by atoms with van der Waals surface area (Å²) in [5.41, 5.74) is 0.692. The van der Waals surface area contributed by atoms with Crippen molar-refractivity contribution < 1.29 is 28.1 Å². The fourth-order valence-electron chi connectivity index (χ4n) is 4.63. The molecule has 3 aromatic heterocycles. The predicted octanol–water partition coefficient (Wildman–Crippen LogP) is 6.42. The first-order valence-electron chi connectivity index (χ1n) is 13.5. The first-order chi connectivity index (χ1) is 20.7. The number of aromatic nitrogens is 3. The van der Waals surface area contributed by atoms with Crippen LogP contribution in [0.3, 0.4) is 0 Å². The van der Waals surface area contributed by atoms with Crippen molar-refractivity contribution >= 4 is 16.7 Å². The average molecular weight is 584 g/mol. The Labute approximate surface area is 247 Å². The number of methoxy groups -OCH3 is 3. The molecule has 0 amide bonds. The van der Waals surface area contributed by atoms with Gasteiger partial charge in [-0.15, -0.1) is 0 Å². The maximum Gasteiger partial charge on any atom is 0.200 e. The molecule has 0 fully saturated rings. The van der Waals surface area contributed by atoms with Crippen LogP contribution >= 0.6 is 0 Å². The molecule has 3 heterocycles. The molecular weight excluding hydrogens is 553 g/mol. The third kappa shape index (κ3) is 6.04. The third-order valence-electron chi connectivity index (χ3n) is 6.98. The molecular formula is C33H30FN3O6. The van der Waals surface area contributed by atoms with E-state index in [9.17, 15) is 14.0 Å². The van der Waals surface area contributed by atoms with Crippen LogP contribution in [-0.4, -0.2) is 41.6 Å². The molecule has 0 atom stereocenters. The maximum atomic E-state index is 14.9. The van der Waals surface area contributed by atoms with E-state index in [1.54, 1.807) is 67.6 Å². The molecule has 0 aliphatic carbocycles. The molecule has 2 aromatic carbocycles. The van der Waals surface area contributed by atoms with Crippen molar-refractivity contribution in [1.29, 1.82) is 0 Å². The van der Waals surface area contributed by atoms with Crippen LogP contribution in [0.25, 0.3) is 22.0 Å². The van der Waals surface area contributed by atoms with Gasteiger partial charge < -0.3 is 23.5 Å². The normalized spacial score (nSPS) is 11.0. The van der Waals surface area contributed by atoms with Gasteiger partial charge in [0.25, 0.3) is 0 Å². The largest absolute Gasteiger partial charge is 0.497 e. The fraction of sp³-hybridized carbons (Fsp3) is 0.212. The summed E-state index contributed by atoms with van der Waals surface area (Å²) < 4.78 is 38.6. The second-order valence-corrected chi connectivity index (χ2v) is 10.0. The zero-order chi connectivity index (χ0) is 30.7. The van der Waals surface area contributed by atoms with Crippen LogP contribution in [0.15, 0.2) is 78.1 Å². The lowest BCUT2D eigenvalue weighted by molar-refractivity contribution is 0.0990. The molecule has 0 unspecified atom stereocenters. The Hall–Kier alpha value is -5.25. The monoisotopic (exact) mass is 583 g/mol. The summed E-state index contributed by atoms with van der Waals surface area (Å²) >= 11 is 0. The molecule has 220 valence electrons. The minimum atomic E-state index is -0.617. The van der Waals surface area contributed by atoms with Gasteiger partial charge in [-0.25, -0.2) is 4.39 Å². The van der Waals surface area contributed by atoms with Crippen LogP contribution in [0.4, 0.5) is 4.39 Å². The van der Waals surface area contributed by atoms with E-state index in [1.807, 2.05) is 13.8 Å². The zero-order valence-corrected chi connectivity index (χ0v) is 24.4. The number of hydrogen-bond donors (Lipinski definition) is 0. The number of carbonyl (C=O) groups excluding carboxylic acids is 1. The molecule has 5 rings (SSSR count). The highest BCUT2D eigenvalue weighted by atomic mass is 19.1. The topological polar surface area (TPSA) is 102 Å². The molecule has 0 spiro atoms. The number of ketones is 1. The Morgan fingerprint density at radius 3 is 2.26 bits per heavy atom. The molecule has 0 aliphatic rings. The number of rotatable bonds is 10. The van der Waals surface area contributed by atoms with Crippen molar-refractivity contribution in [2.24, 2.45) is 0 Å². The van der Waals surface area contributed by atoms with Crippen LogP contribution in [-0.2, 0) is 6.42 Å². The van der Waals surface area contributed by atoms with E-state index in [0.717, 1.165) is 0 Å². The van der Waals surface area contributed by atoms with E-state index in [-0.39, 0.29) is 29.2 Å². The molecule has 5 aromatic rings. The number of ether oxygens (including phenoxy) is 4. The number of pyridine rings is 3. The van der Waals surface area contributed by atoms with Crippen molar-refractivity contribution in [2.75, 3.05) is 21.3 Å². The molecule has 10 heteroatoms. The number of hydrogen-bond acceptors (Lipinski definition) is 8. The van der Waals surface area contributed by atoms with Crippen LogP contribution in [0, 0.1) is 5.82 Å². The smallest absolute Gasteiger partial charge is 0.200 e. The van der Waals surface area contributed by atoms with Gasteiger partial charge in [0.05, 0.1) is 45.0 Å². The van der Waals surface area contributed by atoms with E-state index in [4.69, 9.17) is 18.9 Å². The predicted molar refractivity (Wildman–Crippen MR) is 160 cm³/mol. The van der Waals surface area contributed by atoms with Crippen LogP contribution < -0.4 is 24.4 Å². The summed E-state index contributed by atoms with van der Waals surface area (Å²) in [5, 5.41) is 0.717. The fourth-order valence-corrected chi connectivity index (χ4v) is 4.63. The van der Waals surface area contributed by atoms with Gasteiger partial charge in [0, 0.05) is 59.0 Å². The second kappa shape index (κ2) is 12.3. The van der Waals surface area contributed by atoms with Gasteiger partial charge in [0.15, 0.2) is 22.7 Å². The zero-order valence-electron chi connectivity index (χ0n) is 24.4. The first-order valence-corrected chi connectivity index (χ1v) is 13.5. The van der Waals surface area contributed by atoms with Crippen LogP contribution in [0.1, 0.15) is 35.9 Å². The standard InChI is InChI=1S/C33H30FN3O6/c1-19(2)37-17-25(23-9-8-21(40-3)13-27(23)34)33(39)26(18-37)29(38)12-20-6-7-22(16-36-20)43-30-10-11-35-28-15-32(42-5)31(41-4)14-24(28)30/h6-11,13-19H,12H2,1-5H3. The number of halogens is 1. The van der Waals surface area contributed by atoms with Crippen molar-refractivity contribution in [3.8, 4) is 39.9 Å². The minimum Gasteiger partial charge on any atom is -0.497 e. The Balaban J connectivity index is 1.40. The molecule has 0 N–H and O–H groups in total. The highest BCUT2D eigenvalue weighted by Crippen LogP contribution is 2.36. The van der Waals surface area contributed by atoms with Crippen molar-refractivity contribution in [3.05, 3.63) is 101 Å². The quantitative estimate of drug-likeness (QED) is 0.174. The van der Waals surface area contributed by atoms with Gasteiger partial charge in [-0.3, -0.25) is 19.6 Å². The third-order valence-corrected chi connectivity index (χ3v) is 6.98. The highest BCUT2D eigenvalue weighted by molar-refractivity contribution is 5.98. The van der Waals surface area contributed by atoms with E-state index in [2.05, 4.69) is 9.97 Å². The highest BCUT2D eigenvalue weighted by Gasteiger charge is 2.20. The van der Waals surface area contributed by atoms with Crippen molar-refractivity contribution in [2.45, 2.75) is 26.3 Å². The molecule has 43 heavy (non-hydrogen) atoms. The number of nitrogens with zero attached hydrogens (tertiary/aromatic N) is 3. The van der Waals surface area contributed by atoms with Gasteiger partial charge in [-0.2, -0.15) is 0 Å². The SMILES string of the molecule is COc1ccc(-c2cn(C(C)C)cc(C(=O)Cc3ccc(Oc4ccnc5cc(OC)c(OC)cc45)cn3)c2=O)c(F)c1. The average Bonchev–Trinajstić information content (AvgIpc) is 3.01. The molecule has 0 radical (unpaired) electrons. The summed E-state index contributed by atoms with van der Waals surface area (Å²) in [6, 6.07) is 12.8. The van der Waals surface area contributed by atoms with Gasteiger partial charge in [-0.1, -0.05) is 0 Å². The molecule has 0 aliphatic heterocycles. The van der Waals surface area contributed by atoms with Crippen molar-refractivity contribution in [1.82, 2.24) is 14.5 Å². The lowest BCUT2D eigenvalue weighted by Gasteiger charge is -2.15. The van der Waals surface area contributed by atoms with Gasteiger partial charge in [0.1, 0.15) is 23.1 Å². The summed E-state index contributed by atoms with van der Waals surface area (Å²) in [6.07, 6.45) is 6.07. The lowest BCUT2D eigenvalue weighted by atomic mass is 10.0. The van der Waals surface area contributed by atoms with Crippen molar-refractivity contribution in [3.63, 3.8) is 0 Å². The van der Waals surface area contributed by atoms with E-state index < -0.39 is 17.0 Å². The molecule has 0 saturated heterocycles. The Kier molecular flexibility index (Phi) is 8.38. The first kappa shape index (κ1) is 29.2. The maximum absolute atomic E-state index is 14.9. The van der Waals surface area contributed by atoms with Crippen LogP contribution in [0.5, 0.6) is 28.7 Å². The minimum absolute atomic E-state index is 0.0452. The Morgan fingerprint density at radius 2 is 1.60 bits per heavy atom. The molecule has 0 saturated carbocycles. The Bertz CT molecular complexity index is 1870. The van der Waals surface area contributed by atoms with Gasteiger partial charge in [0.2, 0.25) is 0 Å². The van der Waals surface area contributed by atoms with Crippen LogP contribution in [0.2, 0.25) is 0 Å². The summed E-state index contributed by atoms with van der Waals surface area (Å²) in [5.74, 6) is 1.34. The molecule has 9 nitrogen and oxygen atoms in total. The van der Waals surface area contributed by atoms with E-state index in [0.29, 0.717) is 45.3 Å². The lowest BCUT2D eigenvalue weighted by Crippen LogP contribution is -2.22. The van der Waals surface area contributed by atoms with E-state index in [1.165, 1.54) is 31.6 Å². The Morgan fingerprint density at radius 1 is 0.860 bits per heavy atom. The summed E-state index contributed by atoms with van der Waals surface area (Å²) in [6.45, 7) is 3.82. The number of benzene rings is 2. The molecule has 0 bridgehead atoms.